The van der Waals surface area contributed by atoms with Gasteiger partial charge in [0.2, 0.25) is 0 Å². The van der Waals surface area contributed by atoms with Gasteiger partial charge in [0.25, 0.3) is 0 Å². The van der Waals surface area contributed by atoms with Crippen LogP contribution in [0.1, 0.15) is 25.8 Å². The highest BCUT2D eigenvalue weighted by Gasteiger charge is 2.26. The molecule has 3 unspecified atom stereocenters. The molecule has 1 aromatic rings. The molecule has 19 heavy (non-hydrogen) atoms. The lowest BCUT2D eigenvalue weighted by Gasteiger charge is -2.19. The molecule has 1 fully saturated rings. The quantitative estimate of drug-likeness (QED) is 0.882. The van der Waals surface area contributed by atoms with Crippen LogP contribution in [0.25, 0.3) is 0 Å². The monoisotopic (exact) mass is 262 g/mol. The van der Waals surface area contributed by atoms with E-state index >= 15 is 0 Å². The van der Waals surface area contributed by atoms with Crippen molar-refractivity contribution in [1.29, 1.82) is 0 Å². The second-order valence-electron chi connectivity index (χ2n) is 5.91. The van der Waals surface area contributed by atoms with E-state index in [2.05, 4.69) is 50.2 Å². The fraction of sp³-hybridized carbons (Fsp3) is 0.625. The van der Waals surface area contributed by atoms with Gasteiger partial charge in [0.1, 0.15) is 12.4 Å². The Hall–Kier alpha value is -1.06. The van der Waals surface area contributed by atoms with E-state index in [1.165, 1.54) is 12.0 Å². The maximum Gasteiger partial charge on any atom is 0.119 e. The van der Waals surface area contributed by atoms with Crippen LogP contribution >= 0.6 is 0 Å². The molecular formula is C16H26N2O. The van der Waals surface area contributed by atoms with E-state index in [-0.39, 0.29) is 0 Å². The van der Waals surface area contributed by atoms with Crippen molar-refractivity contribution in [2.24, 2.45) is 0 Å². The van der Waals surface area contributed by atoms with Crippen LogP contribution in [0.5, 0.6) is 5.75 Å². The van der Waals surface area contributed by atoms with Crippen molar-refractivity contribution >= 4 is 0 Å². The summed E-state index contributed by atoms with van der Waals surface area (Å²) in [6.07, 6.45) is 1.23. The molecule has 0 spiro atoms. The van der Waals surface area contributed by atoms with Crippen molar-refractivity contribution in [3.8, 4) is 5.75 Å². The highest BCUT2D eigenvalue weighted by atomic mass is 16.5. The Morgan fingerprint density at radius 1 is 1.37 bits per heavy atom. The van der Waals surface area contributed by atoms with E-state index in [0.717, 1.165) is 18.9 Å². The number of hydrogen-bond acceptors (Lipinski definition) is 3. The Morgan fingerprint density at radius 3 is 2.63 bits per heavy atom. The van der Waals surface area contributed by atoms with Crippen LogP contribution < -0.4 is 10.1 Å². The molecule has 0 radical (unpaired) electrons. The standard InChI is InChI=1S/C16H26N2O/c1-12-5-7-16(8-6-12)19-11-13(2)17-15-9-14(3)18(4)10-15/h5-8,13-15,17H,9-11H2,1-4H3. The molecule has 1 aliphatic heterocycles. The van der Waals surface area contributed by atoms with Crippen molar-refractivity contribution in [2.75, 3.05) is 20.2 Å². The predicted molar refractivity (Wildman–Crippen MR) is 79.8 cm³/mol. The molecule has 1 N–H and O–H groups in total. The third-order valence-electron chi connectivity index (χ3n) is 3.93. The van der Waals surface area contributed by atoms with Gasteiger partial charge >= 0.3 is 0 Å². The number of benzene rings is 1. The van der Waals surface area contributed by atoms with Crippen LogP contribution in [-0.2, 0) is 0 Å². The van der Waals surface area contributed by atoms with Crippen molar-refractivity contribution < 1.29 is 4.74 Å². The lowest BCUT2D eigenvalue weighted by molar-refractivity contribution is 0.259. The molecule has 0 aromatic heterocycles. The average molecular weight is 262 g/mol. The van der Waals surface area contributed by atoms with E-state index in [9.17, 15) is 0 Å². The molecule has 3 heteroatoms. The molecule has 0 bridgehead atoms. The number of rotatable bonds is 5. The predicted octanol–water partition coefficient (Wildman–Crippen LogP) is 2.44. The van der Waals surface area contributed by atoms with Crippen LogP contribution in [0, 0.1) is 6.92 Å². The Morgan fingerprint density at radius 2 is 2.05 bits per heavy atom. The van der Waals surface area contributed by atoms with Gasteiger partial charge in [0.15, 0.2) is 0 Å². The van der Waals surface area contributed by atoms with Gasteiger partial charge in [0.05, 0.1) is 0 Å². The Balaban J connectivity index is 1.73. The number of aryl methyl sites for hydroxylation is 1. The fourth-order valence-electron chi connectivity index (χ4n) is 2.62. The van der Waals surface area contributed by atoms with E-state index in [1.54, 1.807) is 0 Å². The molecule has 106 valence electrons. The lowest BCUT2D eigenvalue weighted by Crippen LogP contribution is -2.41. The average Bonchev–Trinajstić information content (AvgIpc) is 2.67. The third kappa shape index (κ3) is 4.22. The van der Waals surface area contributed by atoms with Gasteiger partial charge in [0, 0.05) is 24.7 Å². The first-order chi connectivity index (χ1) is 9.04. The van der Waals surface area contributed by atoms with Gasteiger partial charge in [-0.05, 0) is 46.4 Å². The maximum atomic E-state index is 5.81. The molecule has 2 rings (SSSR count). The molecule has 0 saturated carbocycles. The zero-order chi connectivity index (χ0) is 13.8. The summed E-state index contributed by atoms with van der Waals surface area (Å²) in [6.45, 7) is 8.42. The second kappa shape index (κ2) is 6.40. The summed E-state index contributed by atoms with van der Waals surface area (Å²) in [5, 5.41) is 3.65. The molecule has 3 nitrogen and oxygen atoms in total. The smallest absolute Gasteiger partial charge is 0.119 e. The second-order valence-corrected chi connectivity index (χ2v) is 5.91. The number of nitrogens with one attached hydrogen (secondary N) is 1. The summed E-state index contributed by atoms with van der Waals surface area (Å²) in [5.41, 5.74) is 1.27. The largest absolute Gasteiger partial charge is 0.492 e. The van der Waals surface area contributed by atoms with E-state index in [4.69, 9.17) is 4.74 Å². The van der Waals surface area contributed by atoms with Gasteiger partial charge < -0.3 is 15.0 Å². The number of nitrogens with zero attached hydrogens (tertiary/aromatic N) is 1. The van der Waals surface area contributed by atoms with Crippen LogP contribution in [0.3, 0.4) is 0 Å². The third-order valence-corrected chi connectivity index (χ3v) is 3.93. The summed E-state index contributed by atoms with van der Waals surface area (Å²) in [5.74, 6) is 0.955. The van der Waals surface area contributed by atoms with Crippen LogP contribution in [-0.4, -0.2) is 43.2 Å². The number of likely N-dealkylation sites (tertiary alicyclic amines) is 1. The molecule has 0 amide bonds. The van der Waals surface area contributed by atoms with Crippen LogP contribution in [0.15, 0.2) is 24.3 Å². The Kier molecular flexibility index (Phi) is 4.83. The summed E-state index contributed by atoms with van der Waals surface area (Å²) in [6, 6.07) is 9.90. The first kappa shape index (κ1) is 14.4. The fourth-order valence-corrected chi connectivity index (χ4v) is 2.62. The zero-order valence-corrected chi connectivity index (χ0v) is 12.5. The molecule has 1 saturated heterocycles. The van der Waals surface area contributed by atoms with Crippen molar-refractivity contribution in [3.63, 3.8) is 0 Å². The number of likely N-dealkylation sites (N-methyl/N-ethyl adjacent to an activating group) is 1. The highest BCUT2D eigenvalue weighted by Crippen LogP contribution is 2.16. The van der Waals surface area contributed by atoms with Gasteiger partial charge in [-0.15, -0.1) is 0 Å². The SMILES string of the molecule is Cc1ccc(OCC(C)NC2CC(C)N(C)C2)cc1. The molecular weight excluding hydrogens is 236 g/mol. The van der Waals surface area contributed by atoms with Crippen molar-refractivity contribution in [1.82, 2.24) is 10.2 Å². The van der Waals surface area contributed by atoms with Gasteiger partial charge in [-0.2, -0.15) is 0 Å². The van der Waals surface area contributed by atoms with Crippen LogP contribution in [0.4, 0.5) is 0 Å². The van der Waals surface area contributed by atoms with Crippen molar-refractivity contribution in [3.05, 3.63) is 29.8 Å². The lowest BCUT2D eigenvalue weighted by atomic mass is 10.2. The number of hydrogen-bond donors (Lipinski definition) is 1. The summed E-state index contributed by atoms with van der Waals surface area (Å²) >= 11 is 0. The highest BCUT2D eigenvalue weighted by molar-refractivity contribution is 5.26. The first-order valence-electron chi connectivity index (χ1n) is 7.20. The molecule has 1 aliphatic rings. The summed E-state index contributed by atoms with van der Waals surface area (Å²) in [7, 11) is 2.19. The van der Waals surface area contributed by atoms with E-state index in [0.29, 0.717) is 18.1 Å². The zero-order valence-electron chi connectivity index (χ0n) is 12.5. The van der Waals surface area contributed by atoms with Crippen LogP contribution in [0.2, 0.25) is 0 Å². The molecule has 3 atom stereocenters. The molecule has 1 heterocycles. The van der Waals surface area contributed by atoms with Gasteiger partial charge in [-0.1, -0.05) is 17.7 Å². The topological polar surface area (TPSA) is 24.5 Å². The summed E-state index contributed by atoms with van der Waals surface area (Å²) in [4.78, 5) is 2.41. The first-order valence-corrected chi connectivity index (χ1v) is 7.20. The molecule has 0 aliphatic carbocycles. The van der Waals surface area contributed by atoms with Gasteiger partial charge in [-0.25, -0.2) is 0 Å². The minimum absolute atomic E-state index is 0.380. The minimum Gasteiger partial charge on any atom is -0.492 e. The Labute approximate surface area is 116 Å². The van der Waals surface area contributed by atoms with E-state index < -0.39 is 0 Å². The van der Waals surface area contributed by atoms with Crippen molar-refractivity contribution in [2.45, 2.75) is 45.3 Å². The Bertz CT molecular complexity index is 380. The van der Waals surface area contributed by atoms with Gasteiger partial charge in [-0.3, -0.25) is 0 Å². The molecule has 1 aromatic carbocycles. The normalized spacial score (nSPS) is 25.5. The minimum atomic E-state index is 0.380. The maximum absolute atomic E-state index is 5.81. The summed E-state index contributed by atoms with van der Waals surface area (Å²) < 4.78 is 5.81. The van der Waals surface area contributed by atoms with E-state index in [1.807, 2.05) is 12.1 Å². The number of ether oxygens (including phenoxy) is 1.